The molecule has 1 atom stereocenters. The van der Waals surface area contributed by atoms with Crippen LogP contribution in [0.1, 0.15) is 36.1 Å². The van der Waals surface area contributed by atoms with Crippen LogP contribution in [0.3, 0.4) is 0 Å². The van der Waals surface area contributed by atoms with Crippen LogP contribution in [0.2, 0.25) is 0 Å². The number of likely N-dealkylation sites (N-methyl/N-ethyl adjacent to an activating group) is 2. The summed E-state index contributed by atoms with van der Waals surface area (Å²) in [5, 5.41) is 3.64. The maximum Gasteiger partial charge on any atom is 0.0451 e. The zero-order chi connectivity index (χ0) is 15.8. The Morgan fingerprint density at radius 3 is 2.38 bits per heavy atom. The lowest BCUT2D eigenvalue weighted by atomic mass is 9.98. The number of hydrogen-bond acceptors (Lipinski definition) is 3. The van der Waals surface area contributed by atoms with Crippen molar-refractivity contribution in [3.8, 4) is 0 Å². The molecule has 3 nitrogen and oxygen atoms in total. The number of hydrogen-bond donors (Lipinski definition) is 1. The van der Waals surface area contributed by atoms with Gasteiger partial charge in [-0.05, 0) is 72.2 Å². The minimum Gasteiger partial charge on any atom is -0.309 e. The molecule has 1 N–H and O–H groups in total. The summed E-state index contributed by atoms with van der Waals surface area (Å²) in [7, 11) is 6.50. The highest BCUT2D eigenvalue weighted by Gasteiger charge is 2.15. The fraction of sp³-hybridized carbons (Fsp3) is 0.667. The van der Waals surface area contributed by atoms with E-state index >= 15 is 0 Å². The van der Waals surface area contributed by atoms with Gasteiger partial charge in [-0.2, -0.15) is 0 Å². The summed E-state index contributed by atoms with van der Waals surface area (Å²) in [6, 6.07) is 7.20. The molecule has 0 heterocycles. The van der Waals surface area contributed by atoms with Crippen molar-refractivity contribution >= 4 is 0 Å². The van der Waals surface area contributed by atoms with Crippen LogP contribution in [0.25, 0.3) is 0 Å². The molecule has 1 aromatic rings. The highest BCUT2D eigenvalue weighted by molar-refractivity contribution is 5.33. The van der Waals surface area contributed by atoms with Crippen molar-refractivity contribution in [2.45, 2.75) is 33.2 Å². The minimum atomic E-state index is 0.417. The van der Waals surface area contributed by atoms with Gasteiger partial charge in [0.25, 0.3) is 0 Å². The maximum absolute atomic E-state index is 3.64. The first kappa shape index (κ1) is 18.1. The topological polar surface area (TPSA) is 18.5 Å². The van der Waals surface area contributed by atoms with Gasteiger partial charge in [-0.1, -0.05) is 30.7 Å². The Hall–Kier alpha value is -0.900. The molecule has 0 bridgehead atoms. The maximum atomic E-state index is 3.64. The molecule has 0 radical (unpaired) electrons. The summed E-state index contributed by atoms with van der Waals surface area (Å²) in [5.41, 5.74) is 4.16. The molecule has 0 spiro atoms. The smallest absolute Gasteiger partial charge is 0.0451 e. The van der Waals surface area contributed by atoms with Gasteiger partial charge in [0, 0.05) is 12.6 Å². The van der Waals surface area contributed by atoms with Crippen LogP contribution in [0.15, 0.2) is 18.2 Å². The fourth-order valence-corrected chi connectivity index (χ4v) is 2.80. The number of nitrogens with one attached hydrogen (secondary N) is 1. The molecular formula is C18H33N3. The van der Waals surface area contributed by atoms with Crippen LogP contribution in [0.4, 0.5) is 0 Å². The standard InChI is InChI=1S/C18H33N3/c1-7-19-18(14-21(6)12-8-11-20(4)5)17-10-9-15(2)13-16(17)3/h9-10,13,18-19H,7-8,11-12,14H2,1-6H3. The summed E-state index contributed by atoms with van der Waals surface area (Å²) < 4.78 is 0. The van der Waals surface area contributed by atoms with E-state index in [2.05, 4.69) is 75.2 Å². The average molecular weight is 291 g/mol. The second kappa shape index (κ2) is 9.19. The summed E-state index contributed by atoms with van der Waals surface area (Å²) in [6.07, 6.45) is 1.22. The zero-order valence-electron chi connectivity index (χ0n) is 14.7. The first-order chi connectivity index (χ1) is 9.93. The highest BCUT2D eigenvalue weighted by atomic mass is 15.1. The minimum absolute atomic E-state index is 0.417. The summed E-state index contributed by atoms with van der Waals surface area (Å²) in [4.78, 5) is 4.69. The summed E-state index contributed by atoms with van der Waals surface area (Å²) in [6.45, 7) is 10.9. The summed E-state index contributed by atoms with van der Waals surface area (Å²) in [5.74, 6) is 0. The first-order valence-corrected chi connectivity index (χ1v) is 8.07. The molecule has 21 heavy (non-hydrogen) atoms. The third-order valence-electron chi connectivity index (χ3n) is 3.89. The Labute approximate surface area is 131 Å². The van der Waals surface area contributed by atoms with E-state index in [1.54, 1.807) is 0 Å². The Balaban J connectivity index is 2.64. The van der Waals surface area contributed by atoms with Gasteiger partial charge < -0.3 is 15.1 Å². The van der Waals surface area contributed by atoms with Gasteiger partial charge in [0.15, 0.2) is 0 Å². The van der Waals surface area contributed by atoms with Gasteiger partial charge in [-0.3, -0.25) is 0 Å². The molecule has 1 rings (SSSR count). The first-order valence-electron chi connectivity index (χ1n) is 8.07. The number of aryl methyl sites for hydroxylation is 2. The van der Waals surface area contributed by atoms with Crippen molar-refractivity contribution in [2.75, 3.05) is 47.3 Å². The van der Waals surface area contributed by atoms with E-state index in [0.29, 0.717) is 6.04 Å². The van der Waals surface area contributed by atoms with Crippen molar-refractivity contribution < 1.29 is 0 Å². The number of benzene rings is 1. The normalized spacial score (nSPS) is 13.1. The number of rotatable bonds is 9. The van der Waals surface area contributed by atoms with Crippen LogP contribution in [-0.2, 0) is 0 Å². The second-order valence-electron chi connectivity index (χ2n) is 6.39. The molecular weight excluding hydrogens is 258 g/mol. The molecule has 0 aromatic heterocycles. The Bertz CT molecular complexity index is 415. The monoisotopic (exact) mass is 291 g/mol. The van der Waals surface area contributed by atoms with Crippen LogP contribution in [-0.4, -0.2) is 57.1 Å². The molecule has 1 unspecified atom stereocenters. The molecule has 0 aliphatic rings. The quantitative estimate of drug-likeness (QED) is 0.755. The van der Waals surface area contributed by atoms with Crippen LogP contribution in [0.5, 0.6) is 0 Å². The van der Waals surface area contributed by atoms with E-state index in [1.165, 1.54) is 23.1 Å². The van der Waals surface area contributed by atoms with Crippen molar-refractivity contribution in [3.63, 3.8) is 0 Å². The van der Waals surface area contributed by atoms with Gasteiger partial charge >= 0.3 is 0 Å². The van der Waals surface area contributed by atoms with E-state index in [-0.39, 0.29) is 0 Å². The SMILES string of the molecule is CCNC(CN(C)CCCN(C)C)c1ccc(C)cc1C. The predicted molar refractivity (Wildman–Crippen MR) is 93.0 cm³/mol. The van der Waals surface area contributed by atoms with Crippen LogP contribution in [0, 0.1) is 13.8 Å². The lowest BCUT2D eigenvalue weighted by Gasteiger charge is -2.27. The second-order valence-corrected chi connectivity index (χ2v) is 6.39. The van der Waals surface area contributed by atoms with Crippen LogP contribution < -0.4 is 5.32 Å². The van der Waals surface area contributed by atoms with Crippen molar-refractivity contribution in [1.82, 2.24) is 15.1 Å². The molecule has 0 aliphatic carbocycles. The Kier molecular flexibility index (Phi) is 7.94. The molecule has 1 aromatic carbocycles. The number of nitrogens with zero attached hydrogens (tertiary/aromatic N) is 2. The molecule has 0 amide bonds. The van der Waals surface area contributed by atoms with Crippen molar-refractivity contribution in [1.29, 1.82) is 0 Å². The van der Waals surface area contributed by atoms with Gasteiger partial charge in [0.05, 0.1) is 0 Å². The van der Waals surface area contributed by atoms with E-state index in [0.717, 1.165) is 26.2 Å². The van der Waals surface area contributed by atoms with E-state index in [1.807, 2.05) is 0 Å². The van der Waals surface area contributed by atoms with E-state index < -0.39 is 0 Å². The predicted octanol–water partition coefficient (Wildman–Crippen LogP) is 2.84. The van der Waals surface area contributed by atoms with Crippen LogP contribution >= 0.6 is 0 Å². The van der Waals surface area contributed by atoms with E-state index in [9.17, 15) is 0 Å². The van der Waals surface area contributed by atoms with Crippen molar-refractivity contribution in [3.05, 3.63) is 34.9 Å². The van der Waals surface area contributed by atoms with Gasteiger partial charge in [0.2, 0.25) is 0 Å². The van der Waals surface area contributed by atoms with Gasteiger partial charge in [-0.25, -0.2) is 0 Å². The Morgan fingerprint density at radius 2 is 1.81 bits per heavy atom. The van der Waals surface area contributed by atoms with Gasteiger partial charge in [0.1, 0.15) is 0 Å². The molecule has 0 saturated carbocycles. The average Bonchev–Trinajstić information content (AvgIpc) is 2.37. The lowest BCUT2D eigenvalue weighted by Crippen LogP contribution is -2.34. The third-order valence-corrected chi connectivity index (χ3v) is 3.89. The highest BCUT2D eigenvalue weighted by Crippen LogP contribution is 2.20. The van der Waals surface area contributed by atoms with E-state index in [4.69, 9.17) is 0 Å². The third kappa shape index (κ3) is 6.60. The lowest BCUT2D eigenvalue weighted by molar-refractivity contribution is 0.271. The molecule has 0 aliphatic heterocycles. The zero-order valence-corrected chi connectivity index (χ0v) is 14.7. The molecule has 120 valence electrons. The Morgan fingerprint density at radius 1 is 1.10 bits per heavy atom. The largest absolute Gasteiger partial charge is 0.309 e. The van der Waals surface area contributed by atoms with Crippen molar-refractivity contribution in [2.24, 2.45) is 0 Å². The fourth-order valence-electron chi connectivity index (χ4n) is 2.80. The van der Waals surface area contributed by atoms with Gasteiger partial charge in [-0.15, -0.1) is 0 Å². The molecule has 0 saturated heterocycles. The summed E-state index contributed by atoms with van der Waals surface area (Å²) >= 11 is 0. The molecule has 3 heteroatoms. The molecule has 0 fully saturated rings.